The van der Waals surface area contributed by atoms with Gasteiger partial charge in [-0.05, 0) is 38.5 Å². The van der Waals surface area contributed by atoms with Crippen LogP contribution in [0.4, 0.5) is 4.79 Å². The van der Waals surface area contributed by atoms with Crippen molar-refractivity contribution in [1.82, 2.24) is 0 Å². The molecule has 0 unspecified atom stereocenters. The number of ether oxygens (including phenoxy) is 2. The maximum atomic E-state index is 11.6. The van der Waals surface area contributed by atoms with E-state index in [9.17, 15) is 15.0 Å². The van der Waals surface area contributed by atoms with E-state index in [0.29, 0.717) is 25.7 Å². The quantitative estimate of drug-likeness (QED) is 0.738. The maximum absolute atomic E-state index is 11.6. The van der Waals surface area contributed by atoms with Crippen LogP contribution in [0.1, 0.15) is 51.4 Å². The summed E-state index contributed by atoms with van der Waals surface area (Å²) in [7, 11) is 0. The molecule has 0 bridgehead atoms. The molecule has 104 valence electrons. The van der Waals surface area contributed by atoms with Gasteiger partial charge in [0.1, 0.15) is 12.2 Å². The van der Waals surface area contributed by atoms with E-state index in [4.69, 9.17) is 9.47 Å². The molecule has 18 heavy (non-hydrogen) atoms. The van der Waals surface area contributed by atoms with Crippen LogP contribution in [0.2, 0.25) is 0 Å². The molecular formula is C13H22O5. The molecule has 0 radical (unpaired) electrons. The third-order valence-electron chi connectivity index (χ3n) is 3.83. The van der Waals surface area contributed by atoms with Crippen molar-refractivity contribution >= 4 is 6.16 Å². The van der Waals surface area contributed by atoms with Crippen LogP contribution in [0, 0.1) is 0 Å². The van der Waals surface area contributed by atoms with Crippen LogP contribution in [-0.4, -0.2) is 40.8 Å². The summed E-state index contributed by atoms with van der Waals surface area (Å²) in [6.45, 7) is 0. The van der Waals surface area contributed by atoms with Gasteiger partial charge >= 0.3 is 6.16 Å². The zero-order valence-corrected chi connectivity index (χ0v) is 10.6. The minimum absolute atomic E-state index is 0.452. The van der Waals surface area contributed by atoms with Crippen LogP contribution in [0.3, 0.4) is 0 Å². The van der Waals surface area contributed by atoms with E-state index < -0.39 is 30.6 Å². The van der Waals surface area contributed by atoms with Crippen molar-refractivity contribution in [3.05, 3.63) is 0 Å². The molecule has 5 nitrogen and oxygen atoms in total. The van der Waals surface area contributed by atoms with E-state index in [0.717, 1.165) is 25.7 Å². The highest BCUT2D eigenvalue weighted by atomic mass is 16.7. The minimum Gasteiger partial charge on any atom is -0.428 e. The molecule has 4 atom stereocenters. The Bertz CT molecular complexity index is 255. The Hall–Kier alpha value is -0.810. The van der Waals surface area contributed by atoms with Gasteiger partial charge in [-0.1, -0.05) is 12.8 Å². The van der Waals surface area contributed by atoms with Gasteiger partial charge in [-0.25, -0.2) is 4.79 Å². The summed E-state index contributed by atoms with van der Waals surface area (Å²) in [5.41, 5.74) is 0. The summed E-state index contributed by atoms with van der Waals surface area (Å²) in [5.74, 6) is 0. The molecule has 0 heterocycles. The molecule has 0 amide bonds. The van der Waals surface area contributed by atoms with Crippen molar-refractivity contribution < 1.29 is 24.5 Å². The molecule has 0 aromatic heterocycles. The first-order valence-corrected chi connectivity index (χ1v) is 6.90. The van der Waals surface area contributed by atoms with Gasteiger partial charge in [0.2, 0.25) is 0 Å². The van der Waals surface area contributed by atoms with Gasteiger partial charge in [0.15, 0.2) is 0 Å². The second-order valence-electron chi connectivity index (χ2n) is 5.27. The fourth-order valence-corrected chi connectivity index (χ4v) is 2.70. The first-order chi connectivity index (χ1) is 8.66. The average molecular weight is 258 g/mol. The van der Waals surface area contributed by atoms with Crippen molar-refractivity contribution in [2.45, 2.75) is 75.8 Å². The number of hydrogen-bond donors (Lipinski definition) is 2. The molecule has 0 aromatic carbocycles. The van der Waals surface area contributed by atoms with Gasteiger partial charge in [0.25, 0.3) is 0 Å². The molecule has 5 heteroatoms. The lowest BCUT2D eigenvalue weighted by atomic mass is 9.95. The molecule has 2 N–H and O–H groups in total. The Morgan fingerprint density at radius 2 is 1.17 bits per heavy atom. The first kappa shape index (κ1) is 13.6. The number of hydrogen-bond acceptors (Lipinski definition) is 5. The zero-order valence-electron chi connectivity index (χ0n) is 10.6. The summed E-state index contributed by atoms with van der Waals surface area (Å²) in [4.78, 5) is 11.6. The highest BCUT2D eigenvalue weighted by Crippen LogP contribution is 2.24. The molecule has 2 aliphatic carbocycles. The minimum atomic E-state index is -0.757. The van der Waals surface area contributed by atoms with E-state index in [1.807, 2.05) is 0 Å². The summed E-state index contributed by atoms with van der Waals surface area (Å²) in [6, 6.07) is 0. The van der Waals surface area contributed by atoms with Crippen LogP contribution in [0.5, 0.6) is 0 Å². The number of rotatable bonds is 2. The summed E-state index contributed by atoms with van der Waals surface area (Å²) < 4.78 is 10.3. The van der Waals surface area contributed by atoms with Crippen LogP contribution in [-0.2, 0) is 9.47 Å². The molecule has 2 saturated carbocycles. The van der Waals surface area contributed by atoms with Gasteiger partial charge < -0.3 is 19.7 Å². The second kappa shape index (κ2) is 6.38. The SMILES string of the molecule is O=C(O[C@H]1CCCC[C@@H]1O)O[C@@H]1CCCC[C@H]1O. The van der Waals surface area contributed by atoms with E-state index in [2.05, 4.69) is 0 Å². The predicted octanol–water partition coefficient (Wildman–Crippen LogP) is 1.75. The lowest BCUT2D eigenvalue weighted by molar-refractivity contribution is -0.0849. The highest BCUT2D eigenvalue weighted by molar-refractivity contribution is 5.60. The largest absolute Gasteiger partial charge is 0.509 e. The third kappa shape index (κ3) is 3.59. The zero-order chi connectivity index (χ0) is 13.0. The second-order valence-corrected chi connectivity index (χ2v) is 5.27. The number of aliphatic hydroxyl groups is 2. The van der Waals surface area contributed by atoms with E-state index >= 15 is 0 Å². The number of aliphatic hydroxyl groups excluding tert-OH is 2. The van der Waals surface area contributed by atoms with Gasteiger partial charge in [0.05, 0.1) is 12.2 Å². The summed E-state index contributed by atoms with van der Waals surface area (Å²) in [6.07, 6.45) is 3.74. The van der Waals surface area contributed by atoms with Gasteiger partial charge in [0, 0.05) is 0 Å². The average Bonchev–Trinajstić information content (AvgIpc) is 2.35. The molecule has 2 rings (SSSR count). The monoisotopic (exact) mass is 258 g/mol. The van der Waals surface area contributed by atoms with Crippen LogP contribution in [0.25, 0.3) is 0 Å². The lowest BCUT2D eigenvalue weighted by Crippen LogP contribution is -2.38. The lowest BCUT2D eigenvalue weighted by Gasteiger charge is -2.30. The van der Waals surface area contributed by atoms with Crippen molar-refractivity contribution in [2.75, 3.05) is 0 Å². The van der Waals surface area contributed by atoms with Crippen molar-refractivity contribution in [1.29, 1.82) is 0 Å². The molecule has 2 fully saturated rings. The van der Waals surface area contributed by atoms with Crippen molar-refractivity contribution in [2.24, 2.45) is 0 Å². The Morgan fingerprint density at radius 1 is 0.778 bits per heavy atom. The van der Waals surface area contributed by atoms with Crippen LogP contribution < -0.4 is 0 Å². The summed E-state index contributed by atoms with van der Waals surface area (Å²) in [5, 5.41) is 19.4. The van der Waals surface area contributed by atoms with Crippen LogP contribution >= 0.6 is 0 Å². The fourth-order valence-electron chi connectivity index (χ4n) is 2.70. The highest BCUT2D eigenvalue weighted by Gasteiger charge is 2.31. The van der Waals surface area contributed by atoms with Crippen molar-refractivity contribution in [3.8, 4) is 0 Å². The first-order valence-electron chi connectivity index (χ1n) is 6.90. The summed E-state index contributed by atoms with van der Waals surface area (Å²) >= 11 is 0. The van der Waals surface area contributed by atoms with E-state index in [1.54, 1.807) is 0 Å². The topological polar surface area (TPSA) is 76.0 Å². The van der Waals surface area contributed by atoms with Gasteiger partial charge in [-0.3, -0.25) is 0 Å². The van der Waals surface area contributed by atoms with Crippen molar-refractivity contribution in [3.63, 3.8) is 0 Å². The van der Waals surface area contributed by atoms with Gasteiger partial charge in [-0.15, -0.1) is 0 Å². The predicted molar refractivity (Wildman–Crippen MR) is 64.1 cm³/mol. The van der Waals surface area contributed by atoms with Gasteiger partial charge in [-0.2, -0.15) is 0 Å². The molecule has 2 aliphatic rings. The number of carbonyl (C=O) groups is 1. The standard InChI is InChI=1S/C13H22O5/c14-9-5-1-3-7-11(9)17-13(16)18-12-8-4-2-6-10(12)15/h9-12,14-15H,1-8H2/t9-,10+,11-,12+. The molecule has 0 aliphatic heterocycles. The van der Waals surface area contributed by atoms with Crippen LogP contribution in [0.15, 0.2) is 0 Å². The maximum Gasteiger partial charge on any atom is 0.509 e. The Labute approximate surface area is 107 Å². The van der Waals surface area contributed by atoms with E-state index in [1.165, 1.54) is 0 Å². The Morgan fingerprint density at radius 3 is 1.56 bits per heavy atom. The molecule has 0 spiro atoms. The number of carbonyl (C=O) groups excluding carboxylic acids is 1. The normalized spacial score (nSPS) is 37.0. The third-order valence-corrected chi connectivity index (χ3v) is 3.83. The molecule has 0 aromatic rings. The fraction of sp³-hybridized carbons (Fsp3) is 0.923. The Kier molecular flexibility index (Phi) is 4.83. The molecular weight excluding hydrogens is 236 g/mol. The Balaban J connectivity index is 1.77. The smallest absolute Gasteiger partial charge is 0.428 e. The molecule has 0 saturated heterocycles. The van der Waals surface area contributed by atoms with E-state index in [-0.39, 0.29) is 0 Å².